The first kappa shape index (κ1) is 49.2. The zero-order chi connectivity index (χ0) is 48.7. The molecule has 0 saturated carbocycles. The minimum atomic E-state index is -5.62. The van der Waals surface area contributed by atoms with E-state index in [-0.39, 0.29) is 44.0 Å². The average molecular weight is 1050 g/mol. The third-order valence-corrected chi connectivity index (χ3v) is 11.6. The number of likely N-dealkylation sites (N-methyl/N-ethyl adjacent to an activating group) is 1. The van der Waals surface area contributed by atoms with Gasteiger partial charge >= 0.3 is 22.2 Å². The molecule has 26 heteroatoms. The zero-order valence-corrected chi connectivity index (χ0v) is 38.4. The van der Waals surface area contributed by atoms with Gasteiger partial charge in [0.2, 0.25) is 23.6 Å². The lowest BCUT2D eigenvalue weighted by Gasteiger charge is -2.32. The van der Waals surface area contributed by atoms with E-state index in [1.54, 1.807) is 0 Å². The Morgan fingerprint density at radius 3 is 2.08 bits per heavy atom. The summed E-state index contributed by atoms with van der Waals surface area (Å²) in [6.45, 7) is 0. The van der Waals surface area contributed by atoms with Crippen LogP contribution in [0, 0.1) is 0 Å². The molecule has 0 spiro atoms. The third-order valence-electron chi connectivity index (χ3n) is 10.0. The van der Waals surface area contributed by atoms with Crippen LogP contribution in [-0.2, 0) is 34.1 Å². The quantitative estimate of drug-likeness (QED) is 0.127. The van der Waals surface area contributed by atoms with Gasteiger partial charge in [0, 0.05) is 35.9 Å². The van der Waals surface area contributed by atoms with Gasteiger partial charge in [-0.15, -0.1) is 0 Å². The Morgan fingerprint density at radius 2 is 1.50 bits per heavy atom. The van der Waals surface area contributed by atoms with Crippen molar-refractivity contribution in [2.75, 3.05) is 34.6 Å². The maximum Gasteiger partial charge on any atom is 0.471 e. The Hall–Kier alpha value is -6.21. The van der Waals surface area contributed by atoms with Crippen molar-refractivity contribution in [1.82, 2.24) is 26.6 Å². The van der Waals surface area contributed by atoms with Gasteiger partial charge in [0.15, 0.2) is 17.2 Å². The number of fused-ring (bicyclic) bond motifs is 8. The zero-order valence-electron chi connectivity index (χ0n) is 34.5. The summed E-state index contributed by atoms with van der Waals surface area (Å²) >= 11 is 16.3. The fraction of sp³-hybridized carbons (Fsp3) is 0.275. The highest BCUT2D eigenvalue weighted by molar-refractivity contribution is 9.10. The van der Waals surface area contributed by atoms with Crippen LogP contribution in [0.2, 0.25) is 10.0 Å². The largest absolute Gasteiger partial charge is 0.507 e. The minimum absolute atomic E-state index is 0.0196. The molecule has 3 heterocycles. The van der Waals surface area contributed by atoms with E-state index in [0.717, 1.165) is 36.4 Å². The first-order valence-corrected chi connectivity index (χ1v) is 22.0. The highest BCUT2D eigenvalue weighted by Crippen LogP contribution is 2.49. The molecule has 4 aromatic rings. The summed E-state index contributed by atoms with van der Waals surface area (Å²) in [5.74, 6) is -10.5. The van der Waals surface area contributed by atoms with Gasteiger partial charge < -0.3 is 59.9 Å². The standard InChI is InChI=1S/C40H35BrCl2F3N5O14S/c1-47-35(54)30-19-10-16(61-2)11-25(63-4)27(19)18-12-17(23(52)13-24(18)62-3)29-37(56)50-31(38(57)49-30)32(53)15-7-21(42)34(22(43)8-15)64-26-9-14(6-20(41)33(26)65-66(5,59)60)28(36(55)48-29)51-39(58)40(44,45)46/h6-13,28-32,52-53H,1-5H3,(H,47,54)(H,48,55)(H,49,57)(H,50,56)(H,51,58)/t28-,29-,30+,31+,32-/m1/s1. The van der Waals surface area contributed by atoms with Gasteiger partial charge in [-0.05, 0) is 69.0 Å². The molecule has 0 radical (unpaired) electrons. The number of hydrogen-bond acceptors (Lipinski definition) is 14. The maximum atomic E-state index is 14.8. The highest BCUT2D eigenvalue weighted by Gasteiger charge is 2.44. The smallest absolute Gasteiger partial charge is 0.471 e. The summed E-state index contributed by atoms with van der Waals surface area (Å²) in [6.07, 6.45) is -7.15. The number of aliphatic hydroxyl groups is 1. The number of alkyl halides is 3. The van der Waals surface area contributed by atoms with E-state index >= 15 is 0 Å². The van der Waals surface area contributed by atoms with Gasteiger partial charge in [-0.1, -0.05) is 23.2 Å². The van der Waals surface area contributed by atoms with Crippen molar-refractivity contribution in [2.24, 2.45) is 0 Å². The molecule has 3 aliphatic heterocycles. The molecule has 0 unspecified atom stereocenters. The van der Waals surface area contributed by atoms with E-state index in [4.69, 9.17) is 46.3 Å². The number of aromatic hydroxyl groups is 1. The number of rotatable bonds is 7. The van der Waals surface area contributed by atoms with E-state index in [1.165, 1.54) is 45.8 Å². The predicted octanol–water partition coefficient (Wildman–Crippen LogP) is 4.31. The lowest BCUT2D eigenvalue weighted by Crippen LogP contribution is -2.55. The second-order valence-electron chi connectivity index (χ2n) is 14.3. The number of carbonyl (C=O) groups is 5. The molecule has 0 saturated heterocycles. The van der Waals surface area contributed by atoms with Crippen LogP contribution in [0.15, 0.2) is 53.0 Å². The number of phenols is 1. The normalized spacial score (nSPS) is 19.6. The molecule has 19 nitrogen and oxygen atoms in total. The molecule has 4 aromatic carbocycles. The summed E-state index contributed by atoms with van der Waals surface area (Å²) < 4.78 is 94.1. The maximum absolute atomic E-state index is 14.8. The fourth-order valence-electron chi connectivity index (χ4n) is 7.01. The molecule has 352 valence electrons. The minimum Gasteiger partial charge on any atom is -0.507 e. The van der Waals surface area contributed by atoms with E-state index < -0.39 is 120 Å². The van der Waals surface area contributed by atoms with Crippen molar-refractivity contribution in [3.63, 3.8) is 0 Å². The SMILES string of the molecule is CNC(=O)[C@H]1NC(=O)[C@H]2NC(=O)[C@H](NC(=O)[C@H](NC(=O)C(F)(F)F)c3cc(Br)c(OS(C)(=O)=O)c(c3)Oc3c(Cl)cc(cc3Cl)[C@H]2O)c2cc(c(OC)cc2O)-c2c(OC)cc(OC)cc21. The Labute approximate surface area is 390 Å². The van der Waals surface area contributed by atoms with Crippen LogP contribution < -0.4 is 49.7 Å². The van der Waals surface area contributed by atoms with Crippen LogP contribution in [-0.4, -0.2) is 95.0 Å². The first-order chi connectivity index (χ1) is 30.9. The molecule has 0 aliphatic carbocycles. The number of halogens is 6. The van der Waals surface area contributed by atoms with Crippen LogP contribution in [0.1, 0.15) is 46.5 Å². The van der Waals surface area contributed by atoms with E-state index in [0.29, 0.717) is 6.26 Å². The van der Waals surface area contributed by atoms with E-state index in [9.17, 15) is 55.8 Å². The lowest BCUT2D eigenvalue weighted by molar-refractivity contribution is -0.174. The van der Waals surface area contributed by atoms with Crippen molar-refractivity contribution in [2.45, 2.75) is 36.4 Å². The Bertz CT molecular complexity index is 2780. The van der Waals surface area contributed by atoms with Crippen LogP contribution in [0.4, 0.5) is 13.2 Å². The number of methoxy groups -OCH3 is 3. The fourth-order valence-corrected chi connectivity index (χ4v) is 8.71. The van der Waals surface area contributed by atoms with Gasteiger partial charge in [-0.2, -0.15) is 21.6 Å². The van der Waals surface area contributed by atoms with Gasteiger partial charge in [0.1, 0.15) is 53.3 Å². The summed E-state index contributed by atoms with van der Waals surface area (Å²) in [7, 11) is 0.576. The molecule has 5 amide bonds. The number of nitrogens with one attached hydrogen (secondary N) is 5. The van der Waals surface area contributed by atoms with E-state index in [1.807, 2.05) is 0 Å². The Balaban J connectivity index is 1.74. The number of ether oxygens (including phenoxy) is 4. The summed E-state index contributed by atoms with van der Waals surface area (Å²) in [6, 6.07) is -0.0251. The number of benzene rings is 4. The molecular weight excluding hydrogens is 1010 g/mol. The van der Waals surface area contributed by atoms with Gasteiger partial charge in [0.25, 0.3) is 0 Å². The first-order valence-electron chi connectivity index (χ1n) is 18.7. The molecule has 7 N–H and O–H groups in total. The number of amides is 5. The van der Waals surface area contributed by atoms with Gasteiger partial charge in [0.05, 0.1) is 42.1 Å². The Kier molecular flexibility index (Phi) is 14.1. The van der Waals surface area contributed by atoms with Crippen LogP contribution in [0.3, 0.4) is 0 Å². The molecule has 5 atom stereocenters. The Morgan fingerprint density at radius 1 is 0.848 bits per heavy atom. The van der Waals surface area contributed by atoms with Crippen molar-refractivity contribution >= 4 is 78.8 Å². The van der Waals surface area contributed by atoms with Crippen LogP contribution in [0.5, 0.6) is 40.2 Å². The molecule has 0 fully saturated rings. The topological polar surface area (TPSA) is 266 Å². The van der Waals surface area contributed by atoms with Crippen molar-refractivity contribution in [3.05, 3.63) is 85.3 Å². The molecule has 3 aliphatic rings. The third kappa shape index (κ3) is 9.96. The van der Waals surface area contributed by atoms with Crippen molar-refractivity contribution in [3.8, 4) is 51.4 Å². The van der Waals surface area contributed by atoms with Gasteiger partial charge in [-0.3, -0.25) is 24.0 Å². The van der Waals surface area contributed by atoms with Crippen molar-refractivity contribution in [1.29, 1.82) is 0 Å². The number of carbonyl (C=O) groups excluding carboxylic acids is 5. The summed E-state index contributed by atoms with van der Waals surface area (Å²) in [5, 5.41) is 33.7. The van der Waals surface area contributed by atoms with E-state index in [2.05, 4.69) is 37.2 Å². The van der Waals surface area contributed by atoms with Gasteiger partial charge in [-0.25, -0.2) is 0 Å². The highest BCUT2D eigenvalue weighted by atomic mass is 79.9. The molecule has 0 aromatic heterocycles. The van der Waals surface area contributed by atoms with Crippen molar-refractivity contribution < 1.29 is 78.9 Å². The predicted molar refractivity (Wildman–Crippen MR) is 229 cm³/mol. The molecule has 7 rings (SSSR count). The average Bonchev–Trinajstić information content (AvgIpc) is 3.25. The van der Waals surface area contributed by atoms with Crippen LogP contribution >= 0.6 is 39.1 Å². The molecule has 66 heavy (non-hydrogen) atoms. The summed E-state index contributed by atoms with van der Waals surface area (Å²) in [5.41, 5.74) is -1.53. The number of phenolic OH excluding ortho intramolecular Hbond substituents is 1. The molecule has 8 bridgehead atoms. The second-order valence-corrected chi connectivity index (χ2v) is 17.5. The number of aliphatic hydroxyl groups excluding tert-OH is 1. The summed E-state index contributed by atoms with van der Waals surface area (Å²) in [4.78, 5) is 70.4. The van der Waals surface area contributed by atoms with Crippen LogP contribution in [0.25, 0.3) is 11.1 Å². The lowest BCUT2D eigenvalue weighted by atomic mass is 9.88. The molecular formula is C40H35BrCl2F3N5O14S. The monoisotopic (exact) mass is 1050 g/mol. The second kappa shape index (κ2) is 18.9. The number of hydrogen-bond donors (Lipinski definition) is 7.